The largest absolute Gasteiger partial charge is 0.452 e. The van der Waals surface area contributed by atoms with Crippen LogP contribution in [-0.2, 0) is 24.3 Å². The number of rotatable bonds is 8. The normalized spacial score (nSPS) is 21.2. The van der Waals surface area contributed by atoms with Crippen LogP contribution in [0.5, 0.6) is 0 Å². The van der Waals surface area contributed by atoms with Gasteiger partial charge in [0, 0.05) is 11.4 Å². The quantitative estimate of drug-likeness (QED) is 0.642. The summed E-state index contributed by atoms with van der Waals surface area (Å²) in [5.74, 6) is -0.779. The Morgan fingerprint density at radius 1 is 1.21 bits per heavy atom. The molecule has 1 aliphatic rings. The first kappa shape index (κ1) is 22.1. The van der Waals surface area contributed by atoms with Gasteiger partial charge < -0.3 is 10.1 Å². The second-order valence-corrected chi connectivity index (χ2v) is 8.74. The molecule has 1 aromatic carbocycles. The van der Waals surface area contributed by atoms with Crippen molar-refractivity contribution in [3.63, 3.8) is 0 Å². The van der Waals surface area contributed by atoms with Gasteiger partial charge in [0.2, 0.25) is 10.0 Å². The molecule has 0 radical (unpaired) electrons. The number of amides is 1. The summed E-state index contributed by atoms with van der Waals surface area (Å²) in [5.41, 5.74) is 0.720. The van der Waals surface area contributed by atoms with Crippen molar-refractivity contribution in [2.45, 2.75) is 51.7 Å². The third kappa shape index (κ3) is 7.44. The molecule has 8 heteroatoms. The van der Waals surface area contributed by atoms with Crippen LogP contribution in [0.3, 0.4) is 0 Å². The zero-order valence-corrected chi connectivity index (χ0v) is 17.1. The molecule has 0 saturated heterocycles. The van der Waals surface area contributed by atoms with Crippen LogP contribution >= 0.6 is 0 Å². The molecule has 0 heterocycles. The monoisotopic (exact) mass is 408 g/mol. The fourth-order valence-electron chi connectivity index (χ4n) is 3.06. The molecule has 3 atom stereocenters. The predicted octanol–water partition coefficient (Wildman–Crippen LogP) is 2.20. The average Bonchev–Trinajstić information content (AvgIpc) is 2.67. The highest BCUT2D eigenvalue weighted by Crippen LogP contribution is 2.23. The van der Waals surface area contributed by atoms with Gasteiger partial charge in [0.15, 0.2) is 6.10 Å². The van der Waals surface area contributed by atoms with Crippen LogP contribution in [0.25, 0.3) is 6.08 Å². The van der Waals surface area contributed by atoms with Crippen LogP contribution in [0.2, 0.25) is 0 Å². The Kier molecular flexibility index (Phi) is 8.19. The maximum absolute atomic E-state index is 12.2. The Balaban J connectivity index is 1.77. The van der Waals surface area contributed by atoms with Crippen molar-refractivity contribution in [1.82, 2.24) is 10.0 Å². The molecule has 28 heavy (non-hydrogen) atoms. The van der Waals surface area contributed by atoms with E-state index in [4.69, 9.17) is 4.74 Å². The molecule has 0 bridgehead atoms. The molecule has 1 aliphatic carbocycles. The van der Waals surface area contributed by atoms with E-state index < -0.39 is 28.6 Å². The average molecular weight is 409 g/mol. The van der Waals surface area contributed by atoms with Crippen molar-refractivity contribution in [2.75, 3.05) is 6.54 Å². The van der Waals surface area contributed by atoms with E-state index in [2.05, 4.69) is 17.0 Å². The molecule has 1 amide bonds. The van der Waals surface area contributed by atoms with Crippen molar-refractivity contribution in [3.8, 4) is 0 Å². The first-order valence-corrected chi connectivity index (χ1v) is 11.0. The molecular formula is C20H28N2O5S. The van der Waals surface area contributed by atoms with Gasteiger partial charge in [-0.05, 0) is 37.3 Å². The zero-order chi connectivity index (χ0) is 20.6. The Morgan fingerprint density at radius 2 is 1.89 bits per heavy atom. The van der Waals surface area contributed by atoms with Gasteiger partial charge in [-0.2, -0.15) is 0 Å². The molecule has 7 nitrogen and oxygen atoms in total. The van der Waals surface area contributed by atoms with E-state index in [1.165, 1.54) is 13.0 Å². The van der Waals surface area contributed by atoms with E-state index in [1.54, 1.807) is 24.3 Å². The van der Waals surface area contributed by atoms with Crippen molar-refractivity contribution >= 4 is 28.0 Å². The third-order valence-corrected chi connectivity index (χ3v) is 5.81. The van der Waals surface area contributed by atoms with Crippen molar-refractivity contribution in [1.29, 1.82) is 0 Å². The van der Waals surface area contributed by atoms with E-state index in [-0.39, 0.29) is 11.9 Å². The highest BCUT2D eigenvalue weighted by Gasteiger charge is 2.26. The van der Waals surface area contributed by atoms with Gasteiger partial charge in [0.1, 0.15) is 6.54 Å². The third-order valence-electron chi connectivity index (χ3n) is 4.77. The molecule has 1 aromatic rings. The minimum absolute atomic E-state index is 0.0871. The number of hydrogen-bond donors (Lipinski definition) is 2. The van der Waals surface area contributed by atoms with Gasteiger partial charge in [-0.25, -0.2) is 13.1 Å². The molecule has 154 valence electrons. The Hall–Kier alpha value is -2.19. The Morgan fingerprint density at radius 3 is 2.57 bits per heavy atom. The lowest BCUT2D eigenvalue weighted by Crippen LogP contribution is -2.46. The fourth-order valence-corrected chi connectivity index (χ4v) is 3.81. The van der Waals surface area contributed by atoms with Gasteiger partial charge >= 0.3 is 5.97 Å². The number of nitrogens with one attached hydrogen (secondary N) is 2. The van der Waals surface area contributed by atoms with Crippen LogP contribution in [-0.4, -0.2) is 39.0 Å². The number of esters is 1. The SMILES string of the molecule is C[C@@H](OC(=O)CNS(=O)(=O)/C=C/c1ccccc1)C(=O)N[C@H]1CCCC[C@@H]1C. The molecule has 0 spiro atoms. The van der Waals surface area contributed by atoms with Gasteiger partial charge in [-0.1, -0.05) is 50.1 Å². The van der Waals surface area contributed by atoms with Crippen LogP contribution in [0.4, 0.5) is 0 Å². The van der Waals surface area contributed by atoms with Gasteiger partial charge in [0.05, 0.1) is 0 Å². The highest BCUT2D eigenvalue weighted by molar-refractivity contribution is 7.92. The van der Waals surface area contributed by atoms with Crippen LogP contribution in [0.1, 0.15) is 45.1 Å². The lowest BCUT2D eigenvalue weighted by atomic mass is 9.86. The second kappa shape index (κ2) is 10.4. The van der Waals surface area contributed by atoms with Crippen LogP contribution in [0, 0.1) is 5.92 Å². The van der Waals surface area contributed by atoms with E-state index >= 15 is 0 Å². The summed E-state index contributed by atoms with van der Waals surface area (Å²) >= 11 is 0. The number of sulfonamides is 1. The molecule has 0 aliphatic heterocycles. The summed E-state index contributed by atoms with van der Waals surface area (Å²) in [7, 11) is -3.79. The van der Waals surface area contributed by atoms with E-state index in [1.807, 2.05) is 6.07 Å². The lowest BCUT2D eigenvalue weighted by Gasteiger charge is -2.30. The molecule has 0 unspecified atom stereocenters. The predicted molar refractivity (Wildman–Crippen MR) is 108 cm³/mol. The minimum atomic E-state index is -3.79. The molecular weight excluding hydrogens is 380 g/mol. The summed E-state index contributed by atoms with van der Waals surface area (Å²) in [6.07, 6.45) is 4.66. The first-order chi connectivity index (χ1) is 13.3. The van der Waals surface area contributed by atoms with Crippen molar-refractivity contribution in [2.24, 2.45) is 5.92 Å². The highest BCUT2D eigenvalue weighted by atomic mass is 32.2. The number of carbonyl (C=O) groups excluding carboxylic acids is 2. The molecule has 0 aromatic heterocycles. The first-order valence-electron chi connectivity index (χ1n) is 9.49. The molecule has 2 N–H and O–H groups in total. The maximum atomic E-state index is 12.2. The summed E-state index contributed by atoms with van der Waals surface area (Å²) in [6, 6.07) is 9.01. The fraction of sp³-hybridized carbons (Fsp3) is 0.500. The zero-order valence-electron chi connectivity index (χ0n) is 16.3. The smallest absolute Gasteiger partial charge is 0.321 e. The summed E-state index contributed by atoms with van der Waals surface area (Å²) < 4.78 is 31.1. The number of carbonyl (C=O) groups is 2. The van der Waals surface area contributed by atoms with E-state index in [0.29, 0.717) is 5.92 Å². The van der Waals surface area contributed by atoms with Gasteiger partial charge in [-0.3, -0.25) is 9.59 Å². The number of ether oxygens (including phenoxy) is 1. The standard InChI is InChI=1S/C20H28N2O5S/c1-15-8-6-7-11-18(15)22-20(24)16(2)27-19(23)14-21-28(25,26)13-12-17-9-4-3-5-10-17/h3-5,9-10,12-13,15-16,18,21H,6-8,11,14H2,1-2H3,(H,22,24)/b13-12+/t15-,16+,18-/m0/s1. The molecule has 2 rings (SSSR count). The molecule has 1 saturated carbocycles. The summed E-state index contributed by atoms with van der Waals surface area (Å²) in [6.45, 7) is 3.03. The van der Waals surface area contributed by atoms with Crippen molar-refractivity contribution < 1.29 is 22.7 Å². The topological polar surface area (TPSA) is 102 Å². The minimum Gasteiger partial charge on any atom is -0.452 e. The van der Waals surface area contributed by atoms with Gasteiger partial charge in [0.25, 0.3) is 5.91 Å². The number of benzene rings is 1. The maximum Gasteiger partial charge on any atom is 0.321 e. The Bertz CT molecular complexity index is 792. The van der Waals surface area contributed by atoms with Gasteiger partial charge in [-0.15, -0.1) is 0 Å². The Labute approximate surface area is 166 Å². The molecule has 1 fully saturated rings. The summed E-state index contributed by atoms with van der Waals surface area (Å²) in [5, 5.41) is 3.90. The van der Waals surface area contributed by atoms with Crippen molar-refractivity contribution in [3.05, 3.63) is 41.3 Å². The number of hydrogen-bond acceptors (Lipinski definition) is 5. The van der Waals surface area contributed by atoms with Crippen LogP contribution in [0.15, 0.2) is 35.7 Å². The lowest BCUT2D eigenvalue weighted by molar-refractivity contribution is -0.154. The van der Waals surface area contributed by atoms with E-state index in [9.17, 15) is 18.0 Å². The van der Waals surface area contributed by atoms with E-state index in [0.717, 1.165) is 36.7 Å². The second-order valence-electron chi connectivity index (χ2n) is 7.09. The summed E-state index contributed by atoms with van der Waals surface area (Å²) in [4.78, 5) is 24.1. The van der Waals surface area contributed by atoms with Crippen LogP contribution < -0.4 is 10.0 Å².